The van der Waals surface area contributed by atoms with Gasteiger partial charge in [0.2, 0.25) is 0 Å². The molecule has 0 amide bonds. The van der Waals surface area contributed by atoms with Gasteiger partial charge in [-0.25, -0.2) is 0 Å². The normalized spacial score (nSPS) is 18.1. The van der Waals surface area contributed by atoms with E-state index in [-0.39, 0.29) is 6.04 Å². The summed E-state index contributed by atoms with van der Waals surface area (Å²) in [4.78, 5) is 0. The summed E-state index contributed by atoms with van der Waals surface area (Å²) in [5.74, 6) is 3.34. The summed E-state index contributed by atoms with van der Waals surface area (Å²) >= 11 is 0. The smallest absolute Gasteiger partial charge is 0.164 e. The van der Waals surface area contributed by atoms with Gasteiger partial charge in [0.15, 0.2) is 11.6 Å². The predicted octanol–water partition coefficient (Wildman–Crippen LogP) is 2.25. The number of nitrogens with one attached hydrogen (secondary N) is 1. The quantitative estimate of drug-likeness (QED) is 0.931. The Morgan fingerprint density at radius 3 is 2.65 bits per heavy atom. The molecule has 0 saturated carbocycles. The fraction of sp³-hybridized carbons (Fsp3) is 0.467. The molecular formula is C15H20N4O. The monoisotopic (exact) mass is 272 g/mol. The lowest BCUT2D eigenvalue weighted by molar-refractivity contribution is 0.339. The number of hydrogen-bond acceptors (Lipinski definition) is 4. The summed E-state index contributed by atoms with van der Waals surface area (Å²) < 4.78 is 7.42. The van der Waals surface area contributed by atoms with Crippen LogP contribution in [-0.2, 0) is 6.54 Å². The van der Waals surface area contributed by atoms with E-state index in [9.17, 15) is 0 Å². The molecule has 1 atom stereocenters. The van der Waals surface area contributed by atoms with Crippen LogP contribution < -0.4 is 10.1 Å². The van der Waals surface area contributed by atoms with Crippen LogP contribution in [0.5, 0.6) is 5.75 Å². The molecule has 5 nitrogen and oxygen atoms in total. The third-order valence-corrected chi connectivity index (χ3v) is 3.77. The van der Waals surface area contributed by atoms with Crippen molar-refractivity contribution < 1.29 is 4.74 Å². The largest absolute Gasteiger partial charge is 0.497 e. The molecule has 1 aromatic heterocycles. The van der Waals surface area contributed by atoms with Crippen molar-refractivity contribution in [2.24, 2.45) is 5.92 Å². The van der Waals surface area contributed by atoms with Gasteiger partial charge in [-0.05, 0) is 30.2 Å². The van der Waals surface area contributed by atoms with Crippen molar-refractivity contribution in [2.75, 3.05) is 13.7 Å². The maximum Gasteiger partial charge on any atom is 0.164 e. The second-order valence-corrected chi connectivity index (χ2v) is 5.44. The second kappa shape index (κ2) is 5.25. The van der Waals surface area contributed by atoms with Crippen LogP contribution in [0.2, 0.25) is 0 Å². The van der Waals surface area contributed by atoms with Crippen LogP contribution in [0.3, 0.4) is 0 Å². The molecule has 2 heterocycles. The molecule has 20 heavy (non-hydrogen) atoms. The van der Waals surface area contributed by atoms with E-state index in [1.54, 1.807) is 7.11 Å². The molecule has 0 fully saturated rings. The third kappa shape index (κ3) is 2.18. The van der Waals surface area contributed by atoms with Gasteiger partial charge in [-0.3, -0.25) is 0 Å². The SMILES string of the molecule is COc1ccc(-c2nnc3n2CCNC3C(C)C)cc1. The van der Waals surface area contributed by atoms with Gasteiger partial charge in [0.05, 0.1) is 13.2 Å². The lowest BCUT2D eigenvalue weighted by atomic mass is 10.0. The number of rotatable bonds is 3. The highest BCUT2D eigenvalue weighted by Crippen LogP contribution is 2.28. The Balaban J connectivity index is 1.99. The second-order valence-electron chi connectivity index (χ2n) is 5.44. The average Bonchev–Trinajstić information content (AvgIpc) is 2.91. The molecule has 106 valence electrons. The molecule has 1 unspecified atom stereocenters. The van der Waals surface area contributed by atoms with Crippen molar-refractivity contribution in [1.29, 1.82) is 0 Å². The topological polar surface area (TPSA) is 52.0 Å². The number of fused-ring (bicyclic) bond motifs is 1. The Bertz CT molecular complexity index is 588. The number of benzene rings is 1. The summed E-state index contributed by atoms with van der Waals surface area (Å²) in [6, 6.07) is 8.25. The molecule has 0 saturated heterocycles. The van der Waals surface area contributed by atoms with Crippen LogP contribution in [0.1, 0.15) is 25.7 Å². The fourth-order valence-corrected chi connectivity index (χ4v) is 2.68. The highest BCUT2D eigenvalue weighted by molar-refractivity contribution is 5.57. The van der Waals surface area contributed by atoms with E-state index < -0.39 is 0 Å². The Morgan fingerprint density at radius 2 is 2.00 bits per heavy atom. The average molecular weight is 272 g/mol. The highest BCUT2D eigenvalue weighted by atomic mass is 16.5. The lowest BCUT2D eigenvalue weighted by Gasteiger charge is -2.27. The van der Waals surface area contributed by atoms with Gasteiger partial charge in [-0.15, -0.1) is 10.2 Å². The number of hydrogen-bond donors (Lipinski definition) is 1. The van der Waals surface area contributed by atoms with Gasteiger partial charge in [0.25, 0.3) is 0 Å². The van der Waals surface area contributed by atoms with E-state index >= 15 is 0 Å². The zero-order valence-corrected chi connectivity index (χ0v) is 12.1. The van der Waals surface area contributed by atoms with E-state index in [0.29, 0.717) is 5.92 Å². The maximum atomic E-state index is 5.19. The molecular weight excluding hydrogens is 252 g/mol. The van der Waals surface area contributed by atoms with Crippen molar-refractivity contribution in [3.63, 3.8) is 0 Å². The van der Waals surface area contributed by atoms with Gasteiger partial charge in [0, 0.05) is 18.7 Å². The molecule has 0 spiro atoms. The van der Waals surface area contributed by atoms with Crippen molar-refractivity contribution in [3.05, 3.63) is 30.1 Å². The summed E-state index contributed by atoms with van der Waals surface area (Å²) in [5, 5.41) is 12.3. The summed E-state index contributed by atoms with van der Waals surface area (Å²) in [7, 11) is 1.67. The molecule has 1 N–H and O–H groups in total. The Morgan fingerprint density at radius 1 is 1.25 bits per heavy atom. The first kappa shape index (κ1) is 13.1. The zero-order chi connectivity index (χ0) is 14.1. The first-order valence-electron chi connectivity index (χ1n) is 7.01. The van der Waals surface area contributed by atoms with Crippen LogP contribution in [0.25, 0.3) is 11.4 Å². The molecule has 0 bridgehead atoms. The maximum absolute atomic E-state index is 5.19. The van der Waals surface area contributed by atoms with Crippen LogP contribution in [0, 0.1) is 5.92 Å². The van der Waals surface area contributed by atoms with Gasteiger partial charge >= 0.3 is 0 Å². The molecule has 2 aromatic rings. The molecule has 0 aliphatic carbocycles. The number of aromatic nitrogens is 3. The van der Waals surface area contributed by atoms with Crippen LogP contribution in [0.4, 0.5) is 0 Å². The molecule has 1 aliphatic heterocycles. The van der Waals surface area contributed by atoms with Crippen LogP contribution in [0.15, 0.2) is 24.3 Å². The number of nitrogens with zero attached hydrogens (tertiary/aromatic N) is 3. The van der Waals surface area contributed by atoms with E-state index in [2.05, 4.69) is 33.9 Å². The number of ether oxygens (including phenoxy) is 1. The molecule has 3 rings (SSSR count). The molecule has 5 heteroatoms. The highest BCUT2D eigenvalue weighted by Gasteiger charge is 2.27. The first-order valence-corrected chi connectivity index (χ1v) is 7.01. The minimum absolute atomic E-state index is 0.281. The summed E-state index contributed by atoms with van der Waals surface area (Å²) in [5.41, 5.74) is 1.08. The summed E-state index contributed by atoms with van der Waals surface area (Å²) in [6.07, 6.45) is 0. The molecule has 1 aromatic carbocycles. The van der Waals surface area contributed by atoms with Crippen LogP contribution in [-0.4, -0.2) is 28.4 Å². The van der Waals surface area contributed by atoms with Crippen molar-refractivity contribution in [1.82, 2.24) is 20.1 Å². The summed E-state index contributed by atoms with van der Waals surface area (Å²) in [6.45, 7) is 6.27. The van der Waals surface area contributed by atoms with Gasteiger partial charge in [0.1, 0.15) is 5.75 Å². The van der Waals surface area contributed by atoms with Gasteiger partial charge in [-0.1, -0.05) is 13.8 Å². The minimum atomic E-state index is 0.281. The zero-order valence-electron chi connectivity index (χ0n) is 12.1. The lowest BCUT2D eigenvalue weighted by Crippen LogP contribution is -2.36. The van der Waals surface area contributed by atoms with E-state index in [4.69, 9.17) is 4.74 Å². The first-order chi connectivity index (χ1) is 9.70. The minimum Gasteiger partial charge on any atom is -0.497 e. The van der Waals surface area contributed by atoms with E-state index in [1.807, 2.05) is 24.3 Å². The van der Waals surface area contributed by atoms with Gasteiger partial charge < -0.3 is 14.6 Å². The van der Waals surface area contributed by atoms with E-state index in [0.717, 1.165) is 36.1 Å². The van der Waals surface area contributed by atoms with Crippen molar-refractivity contribution >= 4 is 0 Å². The predicted molar refractivity (Wildman–Crippen MR) is 77.6 cm³/mol. The molecule has 0 radical (unpaired) electrons. The fourth-order valence-electron chi connectivity index (χ4n) is 2.68. The van der Waals surface area contributed by atoms with Crippen molar-refractivity contribution in [3.8, 4) is 17.1 Å². The standard InChI is InChI=1S/C15H20N4O/c1-10(2)13-15-18-17-14(19(15)9-8-16-13)11-4-6-12(20-3)7-5-11/h4-7,10,13,16H,8-9H2,1-3H3. The van der Waals surface area contributed by atoms with Crippen LogP contribution >= 0.6 is 0 Å². The van der Waals surface area contributed by atoms with E-state index in [1.165, 1.54) is 0 Å². The van der Waals surface area contributed by atoms with Crippen molar-refractivity contribution in [2.45, 2.75) is 26.4 Å². The third-order valence-electron chi connectivity index (χ3n) is 3.77. The Labute approximate surface area is 119 Å². The Kier molecular flexibility index (Phi) is 3.44. The van der Waals surface area contributed by atoms with Gasteiger partial charge in [-0.2, -0.15) is 0 Å². The molecule has 1 aliphatic rings. The number of methoxy groups -OCH3 is 1. The Hall–Kier alpha value is -1.88.